The molecule has 9 rings (SSSR count). The predicted molar refractivity (Wildman–Crippen MR) is 323 cm³/mol. The molecule has 0 saturated carbocycles. The van der Waals surface area contributed by atoms with E-state index in [1.54, 1.807) is 24.3 Å². The number of benzene rings is 5. The molecule has 3 heterocycles. The molecule has 452 valence electrons. The lowest BCUT2D eigenvalue weighted by Gasteiger charge is -2.39. The van der Waals surface area contributed by atoms with E-state index in [4.69, 9.17) is 11.6 Å². The average Bonchev–Trinajstić information content (AvgIpc) is 2.11. The maximum absolute atomic E-state index is 14.5. The van der Waals surface area contributed by atoms with E-state index in [0.717, 1.165) is 66.5 Å². The molecule has 1 aliphatic carbocycles. The number of amides is 5. The molecule has 2 atom stereocenters. The number of sulfonamides is 1. The maximum Gasteiger partial charge on any atom is 0.501 e. The van der Waals surface area contributed by atoms with Crippen LogP contribution < -0.4 is 25.6 Å². The highest BCUT2D eigenvalue weighted by Crippen LogP contribution is 2.43. The van der Waals surface area contributed by atoms with Crippen molar-refractivity contribution in [1.82, 2.24) is 24.7 Å². The van der Waals surface area contributed by atoms with Gasteiger partial charge in [0.25, 0.3) is 37.6 Å². The number of fused-ring (bicyclic) bond motifs is 1. The fraction of sp³-hybridized carbons (Fsp3) is 0.393. The van der Waals surface area contributed by atoms with Gasteiger partial charge in [0.2, 0.25) is 11.8 Å². The summed E-state index contributed by atoms with van der Waals surface area (Å²) < 4.78 is 99.5. The lowest BCUT2D eigenvalue weighted by molar-refractivity contribution is -0.136. The van der Waals surface area contributed by atoms with E-state index in [1.807, 2.05) is 59.1 Å². The zero-order valence-electron chi connectivity index (χ0n) is 47.3. The Morgan fingerprint density at radius 3 is 2.25 bits per heavy atom. The molecular formula is C61H68ClF3N8O9S3. The third-order valence-electron chi connectivity index (χ3n) is 15.9. The van der Waals surface area contributed by atoms with Crippen LogP contribution in [-0.4, -0.2) is 144 Å². The van der Waals surface area contributed by atoms with E-state index < -0.39 is 82.5 Å². The quantitative estimate of drug-likeness (QED) is 0.0272. The van der Waals surface area contributed by atoms with Crippen molar-refractivity contribution in [1.29, 1.82) is 0 Å². The van der Waals surface area contributed by atoms with Gasteiger partial charge < -0.3 is 20.4 Å². The first-order valence-corrected chi connectivity index (χ1v) is 32.5. The highest BCUT2D eigenvalue weighted by Gasteiger charge is 2.49. The fourth-order valence-corrected chi connectivity index (χ4v) is 14.3. The maximum atomic E-state index is 14.5. The number of carbonyl (C=O) groups is 5. The van der Waals surface area contributed by atoms with Gasteiger partial charge in [-0.05, 0) is 160 Å². The van der Waals surface area contributed by atoms with Crippen LogP contribution in [0.4, 0.5) is 30.2 Å². The second-order valence-electron chi connectivity index (χ2n) is 22.6. The van der Waals surface area contributed by atoms with Gasteiger partial charge in [-0.1, -0.05) is 67.4 Å². The van der Waals surface area contributed by atoms with Crippen LogP contribution in [0.5, 0.6) is 0 Å². The molecule has 0 radical (unpaired) electrons. The summed E-state index contributed by atoms with van der Waals surface area (Å²) in [5.74, 6) is -3.22. The zero-order valence-corrected chi connectivity index (χ0v) is 50.6. The molecule has 24 heteroatoms. The molecule has 0 aromatic heterocycles. The number of hydrogen-bond donors (Lipinski definition) is 4. The summed E-state index contributed by atoms with van der Waals surface area (Å²) in [4.78, 5) is 70.8. The molecule has 4 N–H and O–H groups in total. The van der Waals surface area contributed by atoms with Gasteiger partial charge in [-0.15, -0.1) is 11.8 Å². The largest absolute Gasteiger partial charge is 0.501 e. The summed E-state index contributed by atoms with van der Waals surface area (Å²) in [6.45, 7) is 9.83. The minimum Gasteiger partial charge on any atom is -0.384 e. The molecule has 4 aliphatic rings. The van der Waals surface area contributed by atoms with Crippen LogP contribution in [0.1, 0.15) is 102 Å². The molecular weight excluding hydrogens is 1180 g/mol. The van der Waals surface area contributed by atoms with E-state index in [2.05, 4.69) is 51.7 Å². The van der Waals surface area contributed by atoms with Crippen molar-refractivity contribution in [3.63, 3.8) is 0 Å². The third kappa shape index (κ3) is 15.1. The standard InChI is InChI=1S/C61H68ClF3N8O9S3/c1-60(2)28-26-48(40-14-18-43(62)19-15-40)42(37-60)38-71-32-34-72(35-33-71)45-20-16-41(17-21-45)56(75)69-85(81,82)47-22-23-50(53(36-47)84(79,80)61(63,64)65)67-44(39-83-46-10-5-4-6-11-46)27-31-70(3)30-8-7-29-66-51-13-9-12-49-55(51)59(78)73(58(49)77)52-24-25-54(74)68-57(52)76/h4-6,9-23,36,44,52,66-67H,7-8,24-35,37-39H2,1-3H3,(H,69,75)(H,68,74,76)/t44-,52-/m1/s1. The number of allylic oxidation sites excluding steroid dienone is 1. The Labute approximate surface area is 503 Å². The van der Waals surface area contributed by atoms with Crippen molar-refractivity contribution >= 4 is 95.4 Å². The number of imide groups is 2. The van der Waals surface area contributed by atoms with Crippen molar-refractivity contribution in [2.45, 2.75) is 97.5 Å². The minimum absolute atomic E-state index is 0.00319. The Hall–Kier alpha value is -6.76. The van der Waals surface area contributed by atoms with Crippen molar-refractivity contribution in [2.75, 3.05) is 80.7 Å². The van der Waals surface area contributed by atoms with Gasteiger partial charge >= 0.3 is 5.51 Å². The SMILES string of the molecule is CN(CCCCNc1cccc2c1C(=O)N([C@@H]1CCC(=O)NC1=O)C2=O)CC[C@H](CSc1ccccc1)Nc1ccc(S(=O)(=O)NC(=O)c2ccc(N3CCN(CC4=C(c5ccc(Cl)cc5)CCC(C)(C)C4)CC3)cc2)cc1S(=O)(=O)C(F)(F)F. The van der Waals surface area contributed by atoms with Crippen LogP contribution >= 0.6 is 23.4 Å². The number of nitrogens with zero attached hydrogens (tertiary/aromatic N) is 4. The van der Waals surface area contributed by atoms with Gasteiger partial charge in [0, 0.05) is 84.3 Å². The lowest BCUT2D eigenvalue weighted by Crippen LogP contribution is -2.54. The number of thioether (sulfide) groups is 1. The summed E-state index contributed by atoms with van der Waals surface area (Å²) in [6.07, 6.45) is 4.70. The Morgan fingerprint density at radius 2 is 1.55 bits per heavy atom. The second-order valence-corrected chi connectivity index (χ2v) is 27.8. The number of carbonyl (C=O) groups excluding carboxylic acids is 5. The molecule has 5 amide bonds. The molecule has 2 fully saturated rings. The van der Waals surface area contributed by atoms with Crippen molar-refractivity contribution in [3.05, 3.63) is 148 Å². The van der Waals surface area contributed by atoms with Gasteiger partial charge in [-0.3, -0.25) is 39.1 Å². The summed E-state index contributed by atoms with van der Waals surface area (Å²) >= 11 is 7.60. The molecule has 17 nitrogen and oxygen atoms in total. The number of unbranched alkanes of at least 4 members (excludes halogenated alkanes) is 1. The Balaban J connectivity index is 0.813. The van der Waals surface area contributed by atoms with Gasteiger partial charge in [-0.2, -0.15) is 13.2 Å². The summed E-state index contributed by atoms with van der Waals surface area (Å²) in [6, 6.07) is 28.9. The van der Waals surface area contributed by atoms with Crippen LogP contribution in [0.3, 0.4) is 0 Å². The first-order valence-electron chi connectivity index (χ1n) is 28.2. The minimum atomic E-state index is -6.16. The van der Waals surface area contributed by atoms with Crippen LogP contribution in [-0.2, 0) is 29.4 Å². The van der Waals surface area contributed by atoms with Crippen LogP contribution in [0, 0.1) is 5.41 Å². The topological polar surface area (TPSA) is 215 Å². The monoisotopic (exact) mass is 1240 g/mol. The Kier molecular flexibility index (Phi) is 19.5. The van der Waals surface area contributed by atoms with Crippen molar-refractivity contribution < 1.29 is 54.0 Å². The lowest BCUT2D eigenvalue weighted by atomic mass is 9.73. The molecule has 3 aliphatic heterocycles. The summed E-state index contributed by atoms with van der Waals surface area (Å²) in [5.41, 5.74) is -0.600. The van der Waals surface area contributed by atoms with E-state index >= 15 is 0 Å². The van der Waals surface area contributed by atoms with Crippen LogP contribution in [0.2, 0.25) is 5.02 Å². The number of anilines is 3. The van der Waals surface area contributed by atoms with Crippen LogP contribution in [0.25, 0.3) is 5.57 Å². The number of alkyl halides is 3. The number of rotatable bonds is 23. The number of hydrogen-bond acceptors (Lipinski definition) is 15. The second kappa shape index (κ2) is 26.5. The highest BCUT2D eigenvalue weighted by atomic mass is 35.5. The molecule has 85 heavy (non-hydrogen) atoms. The van der Waals surface area contributed by atoms with Gasteiger partial charge in [0.1, 0.15) is 10.9 Å². The average molecular weight is 1250 g/mol. The highest BCUT2D eigenvalue weighted by molar-refractivity contribution is 7.99. The fourth-order valence-electron chi connectivity index (χ4n) is 11.2. The van der Waals surface area contributed by atoms with Crippen molar-refractivity contribution in [2.24, 2.45) is 5.41 Å². The molecule has 5 aromatic rings. The normalized spacial score (nSPS) is 18.1. The van der Waals surface area contributed by atoms with E-state index in [9.17, 15) is 54.0 Å². The van der Waals surface area contributed by atoms with Gasteiger partial charge in [0.05, 0.1) is 21.7 Å². The number of piperazine rings is 1. The molecule has 2 saturated heterocycles. The molecule has 0 unspecified atom stereocenters. The van der Waals surface area contributed by atoms with Crippen molar-refractivity contribution in [3.8, 4) is 0 Å². The zero-order chi connectivity index (χ0) is 60.8. The van der Waals surface area contributed by atoms with E-state index in [-0.39, 0.29) is 40.7 Å². The van der Waals surface area contributed by atoms with E-state index in [0.29, 0.717) is 68.8 Å². The summed E-state index contributed by atoms with van der Waals surface area (Å²) in [5, 5.41) is 9.11. The number of sulfone groups is 1. The Morgan fingerprint density at radius 1 is 0.835 bits per heavy atom. The van der Waals surface area contributed by atoms with Crippen LogP contribution in [0.15, 0.2) is 136 Å². The first kappa shape index (κ1) is 62.8. The first-order chi connectivity index (χ1) is 40.4. The third-order valence-corrected chi connectivity index (χ3v) is 20.2. The summed E-state index contributed by atoms with van der Waals surface area (Å²) in [7, 11) is -9.24. The van der Waals surface area contributed by atoms with Gasteiger partial charge in [0.15, 0.2) is 0 Å². The molecule has 0 bridgehead atoms. The number of piperidine rings is 1. The predicted octanol–water partition coefficient (Wildman–Crippen LogP) is 9.73. The smallest absolute Gasteiger partial charge is 0.384 e. The molecule has 5 aromatic carbocycles. The number of halogens is 4. The van der Waals surface area contributed by atoms with Gasteiger partial charge in [-0.25, -0.2) is 21.6 Å². The Bertz CT molecular complexity index is 3590. The van der Waals surface area contributed by atoms with E-state index in [1.165, 1.54) is 46.7 Å². The number of nitrogens with one attached hydrogen (secondary N) is 4. The molecule has 0 spiro atoms.